The predicted molar refractivity (Wildman–Crippen MR) is 69.9 cm³/mol. The lowest BCUT2D eigenvalue weighted by molar-refractivity contribution is 0.301. The molecule has 1 aromatic carbocycles. The fourth-order valence-corrected chi connectivity index (χ4v) is 3.22. The largest absolute Gasteiger partial charge is 0.321 e. The second-order valence-electron chi connectivity index (χ2n) is 5.08. The van der Waals surface area contributed by atoms with E-state index >= 15 is 0 Å². The van der Waals surface area contributed by atoms with E-state index in [-0.39, 0.29) is 5.54 Å². The first-order valence-electron chi connectivity index (χ1n) is 6.10. The summed E-state index contributed by atoms with van der Waals surface area (Å²) in [5, 5.41) is 0.840. The molecule has 0 heterocycles. The van der Waals surface area contributed by atoms with Gasteiger partial charge in [0.25, 0.3) is 0 Å². The van der Waals surface area contributed by atoms with Crippen molar-refractivity contribution in [1.82, 2.24) is 0 Å². The van der Waals surface area contributed by atoms with Crippen molar-refractivity contribution in [1.29, 1.82) is 0 Å². The number of benzene rings is 1. The highest BCUT2D eigenvalue weighted by atomic mass is 35.5. The Morgan fingerprint density at radius 1 is 1.12 bits per heavy atom. The summed E-state index contributed by atoms with van der Waals surface area (Å²) in [6.45, 7) is 4.26. The molecule has 2 rings (SSSR count). The molecule has 1 aliphatic carbocycles. The van der Waals surface area contributed by atoms with Gasteiger partial charge >= 0.3 is 0 Å². The molecule has 0 bridgehead atoms. The van der Waals surface area contributed by atoms with Gasteiger partial charge in [0.05, 0.1) is 0 Å². The highest BCUT2D eigenvalue weighted by Gasteiger charge is 2.32. The minimum atomic E-state index is -0.189. The number of halogens is 1. The van der Waals surface area contributed by atoms with Gasteiger partial charge in [-0.1, -0.05) is 36.9 Å². The van der Waals surface area contributed by atoms with Crippen LogP contribution < -0.4 is 5.73 Å². The van der Waals surface area contributed by atoms with Gasteiger partial charge in [0.2, 0.25) is 0 Å². The Kier molecular flexibility index (Phi) is 3.27. The van der Waals surface area contributed by atoms with Gasteiger partial charge in [-0.3, -0.25) is 0 Å². The number of hydrogen-bond donors (Lipinski definition) is 1. The van der Waals surface area contributed by atoms with Crippen molar-refractivity contribution < 1.29 is 0 Å². The molecule has 2 heteroatoms. The molecule has 0 spiro atoms. The molecule has 1 aromatic rings. The Hall–Kier alpha value is -0.530. The monoisotopic (exact) mass is 237 g/mol. The van der Waals surface area contributed by atoms with Crippen molar-refractivity contribution in [2.75, 3.05) is 0 Å². The average Bonchev–Trinajstić information content (AvgIpc) is 2.25. The van der Waals surface area contributed by atoms with Crippen LogP contribution in [-0.4, -0.2) is 0 Å². The lowest BCUT2D eigenvalue weighted by Gasteiger charge is -2.36. The van der Waals surface area contributed by atoms with Crippen LogP contribution >= 0.6 is 11.6 Å². The first-order chi connectivity index (χ1) is 7.54. The minimum absolute atomic E-state index is 0.189. The van der Waals surface area contributed by atoms with Crippen LogP contribution in [0.3, 0.4) is 0 Å². The molecular formula is C14H20ClN. The second kappa shape index (κ2) is 4.38. The molecule has 0 amide bonds. The topological polar surface area (TPSA) is 26.0 Å². The summed E-state index contributed by atoms with van der Waals surface area (Å²) < 4.78 is 0. The third kappa shape index (κ3) is 1.99. The summed E-state index contributed by atoms with van der Waals surface area (Å²) in [7, 11) is 0. The molecule has 0 aliphatic heterocycles. The van der Waals surface area contributed by atoms with Crippen molar-refractivity contribution in [3.8, 4) is 0 Å². The Labute approximate surface area is 103 Å². The summed E-state index contributed by atoms with van der Waals surface area (Å²) in [6, 6.07) is 4.07. The van der Waals surface area contributed by atoms with E-state index in [1.165, 1.54) is 36.0 Å². The summed E-state index contributed by atoms with van der Waals surface area (Å²) >= 11 is 6.34. The molecule has 0 radical (unpaired) electrons. The molecule has 0 atom stereocenters. The first-order valence-corrected chi connectivity index (χ1v) is 6.47. The molecule has 0 aromatic heterocycles. The summed E-state index contributed by atoms with van der Waals surface area (Å²) in [6.07, 6.45) is 5.88. The standard InChI is InChI=1S/C14H20ClN/c1-10-6-7-12(15)13(11(10)2)14(16)8-4-3-5-9-14/h6-7H,3-5,8-9,16H2,1-2H3. The zero-order valence-corrected chi connectivity index (χ0v) is 10.9. The van der Waals surface area contributed by atoms with Gasteiger partial charge in [0.1, 0.15) is 0 Å². The maximum Gasteiger partial charge on any atom is 0.0459 e. The van der Waals surface area contributed by atoms with Crippen LogP contribution in [0.5, 0.6) is 0 Å². The van der Waals surface area contributed by atoms with E-state index in [4.69, 9.17) is 17.3 Å². The van der Waals surface area contributed by atoms with Crippen LogP contribution in [0.2, 0.25) is 5.02 Å². The Bertz CT molecular complexity index is 392. The molecular weight excluding hydrogens is 218 g/mol. The fraction of sp³-hybridized carbons (Fsp3) is 0.571. The van der Waals surface area contributed by atoms with Crippen molar-refractivity contribution in [3.05, 3.63) is 33.8 Å². The van der Waals surface area contributed by atoms with Crippen LogP contribution in [0.1, 0.15) is 48.8 Å². The van der Waals surface area contributed by atoms with Crippen molar-refractivity contribution >= 4 is 11.6 Å². The van der Waals surface area contributed by atoms with Gasteiger partial charge in [0.15, 0.2) is 0 Å². The van der Waals surface area contributed by atoms with Crippen LogP contribution in [-0.2, 0) is 5.54 Å². The number of nitrogens with two attached hydrogens (primary N) is 1. The van der Waals surface area contributed by atoms with E-state index in [2.05, 4.69) is 19.9 Å². The summed E-state index contributed by atoms with van der Waals surface area (Å²) in [5.74, 6) is 0. The highest BCUT2D eigenvalue weighted by molar-refractivity contribution is 6.31. The van der Waals surface area contributed by atoms with Crippen molar-refractivity contribution in [3.63, 3.8) is 0 Å². The van der Waals surface area contributed by atoms with E-state index in [1.807, 2.05) is 6.07 Å². The molecule has 1 aliphatic rings. The van der Waals surface area contributed by atoms with E-state index in [0.717, 1.165) is 17.9 Å². The van der Waals surface area contributed by atoms with E-state index in [1.54, 1.807) is 0 Å². The summed E-state index contributed by atoms with van der Waals surface area (Å²) in [5.41, 5.74) is 10.1. The lowest BCUT2D eigenvalue weighted by atomic mass is 9.75. The summed E-state index contributed by atoms with van der Waals surface area (Å²) in [4.78, 5) is 0. The van der Waals surface area contributed by atoms with Gasteiger partial charge in [-0.2, -0.15) is 0 Å². The molecule has 2 N–H and O–H groups in total. The first kappa shape index (κ1) is 11.9. The maximum atomic E-state index is 6.57. The quantitative estimate of drug-likeness (QED) is 0.783. The van der Waals surface area contributed by atoms with Crippen LogP contribution in [0.25, 0.3) is 0 Å². The van der Waals surface area contributed by atoms with E-state index in [0.29, 0.717) is 0 Å². The number of hydrogen-bond acceptors (Lipinski definition) is 1. The minimum Gasteiger partial charge on any atom is -0.321 e. The van der Waals surface area contributed by atoms with E-state index in [9.17, 15) is 0 Å². The van der Waals surface area contributed by atoms with Crippen LogP contribution in [0.4, 0.5) is 0 Å². The van der Waals surface area contributed by atoms with Crippen LogP contribution in [0, 0.1) is 13.8 Å². The van der Waals surface area contributed by atoms with Gasteiger partial charge in [-0.05, 0) is 49.4 Å². The third-order valence-electron chi connectivity index (χ3n) is 3.93. The number of rotatable bonds is 1. The predicted octanol–water partition coefficient (Wildman–Crippen LogP) is 4.07. The Morgan fingerprint density at radius 2 is 1.75 bits per heavy atom. The zero-order chi connectivity index (χ0) is 11.8. The third-order valence-corrected chi connectivity index (χ3v) is 4.24. The smallest absolute Gasteiger partial charge is 0.0459 e. The van der Waals surface area contributed by atoms with Gasteiger partial charge in [-0.25, -0.2) is 0 Å². The van der Waals surface area contributed by atoms with E-state index < -0.39 is 0 Å². The Balaban J connectivity index is 2.49. The SMILES string of the molecule is Cc1ccc(Cl)c(C2(N)CCCCC2)c1C. The van der Waals surface area contributed by atoms with Crippen LogP contribution in [0.15, 0.2) is 12.1 Å². The van der Waals surface area contributed by atoms with Crippen molar-refractivity contribution in [2.45, 2.75) is 51.5 Å². The highest BCUT2D eigenvalue weighted by Crippen LogP contribution is 2.40. The molecule has 1 saturated carbocycles. The fourth-order valence-electron chi connectivity index (χ4n) is 2.83. The van der Waals surface area contributed by atoms with Gasteiger partial charge < -0.3 is 5.73 Å². The van der Waals surface area contributed by atoms with Gasteiger partial charge in [0, 0.05) is 10.6 Å². The molecule has 16 heavy (non-hydrogen) atoms. The number of aryl methyl sites for hydroxylation is 1. The second-order valence-corrected chi connectivity index (χ2v) is 5.49. The Morgan fingerprint density at radius 3 is 2.38 bits per heavy atom. The van der Waals surface area contributed by atoms with Gasteiger partial charge in [-0.15, -0.1) is 0 Å². The molecule has 1 fully saturated rings. The molecule has 1 nitrogen and oxygen atoms in total. The lowest BCUT2D eigenvalue weighted by Crippen LogP contribution is -2.39. The molecule has 88 valence electrons. The molecule has 0 saturated heterocycles. The van der Waals surface area contributed by atoms with Crippen molar-refractivity contribution in [2.24, 2.45) is 5.73 Å². The zero-order valence-electron chi connectivity index (χ0n) is 10.1. The maximum absolute atomic E-state index is 6.57. The normalized spacial score (nSPS) is 19.8. The molecule has 0 unspecified atom stereocenters. The average molecular weight is 238 g/mol.